The number of methoxy groups -OCH3 is 1. The number of amides is 2. The van der Waals surface area contributed by atoms with Gasteiger partial charge in [-0.25, -0.2) is 9.79 Å². The number of hydrogen-bond acceptors (Lipinski definition) is 7. The Kier molecular flexibility index (Phi) is 9.41. The third-order valence-corrected chi connectivity index (χ3v) is 7.62. The van der Waals surface area contributed by atoms with Crippen LogP contribution in [0.1, 0.15) is 27.0 Å². The molecule has 1 fully saturated rings. The number of nitrogens with zero attached hydrogens (tertiary/aromatic N) is 2. The van der Waals surface area contributed by atoms with Crippen molar-refractivity contribution in [3.8, 4) is 11.5 Å². The van der Waals surface area contributed by atoms with Crippen LogP contribution >= 0.6 is 11.8 Å². The number of aliphatic imine (C=N–C) groups is 1. The number of nitrogens with one attached hydrogen (secondary N) is 1. The van der Waals surface area contributed by atoms with Crippen LogP contribution in [-0.2, 0) is 16.1 Å². The monoisotopic (exact) mass is 607 g/mol. The number of carboxylic acids is 1. The van der Waals surface area contributed by atoms with E-state index in [-0.39, 0.29) is 30.5 Å². The minimum absolute atomic E-state index is 0.143. The van der Waals surface area contributed by atoms with E-state index in [2.05, 4.69) is 5.32 Å². The molecule has 10 heteroatoms. The average Bonchev–Trinajstić information content (AvgIpc) is 3.31. The van der Waals surface area contributed by atoms with Crippen molar-refractivity contribution in [3.63, 3.8) is 0 Å². The zero-order chi connectivity index (χ0) is 31.1. The first-order valence-corrected chi connectivity index (χ1v) is 14.4. The molecular formula is C34H29N3O6S. The van der Waals surface area contributed by atoms with Gasteiger partial charge in [0.25, 0.3) is 11.8 Å². The molecule has 1 aliphatic rings. The molecule has 0 bridgehead atoms. The molecule has 222 valence electrons. The summed E-state index contributed by atoms with van der Waals surface area (Å²) in [7, 11) is 1.59. The predicted octanol–water partition coefficient (Wildman–Crippen LogP) is 6.52. The summed E-state index contributed by atoms with van der Waals surface area (Å²) >= 11 is 1.25. The lowest BCUT2D eigenvalue weighted by molar-refractivity contribution is -0.122. The van der Waals surface area contributed by atoms with Gasteiger partial charge in [0.15, 0.2) is 11.8 Å². The van der Waals surface area contributed by atoms with E-state index in [9.17, 15) is 19.5 Å². The molecule has 4 aromatic carbocycles. The van der Waals surface area contributed by atoms with Gasteiger partial charge in [0.1, 0.15) is 11.5 Å². The van der Waals surface area contributed by atoms with Crippen LogP contribution in [0.5, 0.6) is 11.5 Å². The topological polar surface area (TPSA) is 118 Å². The van der Waals surface area contributed by atoms with Crippen molar-refractivity contribution in [1.29, 1.82) is 0 Å². The average molecular weight is 608 g/mol. The molecule has 4 aromatic rings. The minimum atomic E-state index is -1.02. The highest BCUT2D eigenvalue weighted by Gasteiger charge is 2.33. The van der Waals surface area contributed by atoms with Crippen molar-refractivity contribution in [3.05, 3.63) is 124 Å². The summed E-state index contributed by atoms with van der Waals surface area (Å²) in [4.78, 5) is 43.9. The summed E-state index contributed by atoms with van der Waals surface area (Å²) in [6, 6.07) is 28.2. The number of thioether (sulfide) groups is 1. The predicted molar refractivity (Wildman–Crippen MR) is 171 cm³/mol. The van der Waals surface area contributed by atoms with E-state index in [1.807, 2.05) is 43.3 Å². The molecule has 0 unspecified atom stereocenters. The van der Waals surface area contributed by atoms with E-state index in [0.29, 0.717) is 32.9 Å². The fraction of sp³-hybridized carbons (Fsp3) is 0.118. The van der Waals surface area contributed by atoms with Gasteiger partial charge in [0, 0.05) is 5.69 Å². The molecule has 5 rings (SSSR count). The summed E-state index contributed by atoms with van der Waals surface area (Å²) in [5.74, 6) is -0.297. The summed E-state index contributed by atoms with van der Waals surface area (Å²) in [6.07, 6.45) is 1.78. The maximum Gasteiger partial charge on any atom is 0.335 e. The van der Waals surface area contributed by atoms with Crippen molar-refractivity contribution in [2.45, 2.75) is 13.5 Å². The fourth-order valence-corrected chi connectivity index (χ4v) is 5.23. The van der Waals surface area contributed by atoms with E-state index in [4.69, 9.17) is 14.5 Å². The lowest BCUT2D eigenvalue weighted by Crippen LogP contribution is -2.28. The zero-order valence-electron chi connectivity index (χ0n) is 24.0. The number of hydrogen-bond donors (Lipinski definition) is 2. The highest BCUT2D eigenvalue weighted by atomic mass is 32.2. The van der Waals surface area contributed by atoms with E-state index in [1.165, 1.54) is 23.9 Å². The second-order valence-electron chi connectivity index (χ2n) is 9.87. The van der Waals surface area contributed by atoms with Gasteiger partial charge < -0.3 is 19.9 Å². The molecule has 0 atom stereocenters. The molecule has 1 heterocycles. The molecule has 0 saturated carbocycles. The molecule has 2 amide bonds. The third kappa shape index (κ3) is 7.73. The molecule has 1 saturated heterocycles. The molecule has 2 N–H and O–H groups in total. The first kappa shape index (κ1) is 30.1. The number of carbonyl (C=O) groups is 3. The van der Waals surface area contributed by atoms with Crippen LogP contribution in [0.4, 0.5) is 11.4 Å². The summed E-state index contributed by atoms with van der Waals surface area (Å²) in [5.41, 5.74) is 4.16. The van der Waals surface area contributed by atoms with Gasteiger partial charge in [-0.2, -0.15) is 0 Å². The summed E-state index contributed by atoms with van der Waals surface area (Å²) in [6.45, 7) is 2.05. The summed E-state index contributed by atoms with van der Waals surface area (Å²) in [5, 5.41) is 12.5. The maximum absolute atomic E-state index is 13.6. The van der Waals surface area contributed by atoms with Crippen molar-refractivity contribution >= 4 is 52.2 Å². The van der Waals surface area contributed by atoms with Gasteiger partial charge in [0.2, 0.25) is 0 Å². The van der Waals surface area contributed by atoms with Crippen molar-refractivity contribution in [2.24, 2.45) is 4.99 Å². The number of carbonyl (C=O) groups excluding carboxylic acids is 2. The number of aromatic carboxylic acids is 1. The smallest absolute Gasteiger partial charge is 0.335 e. The molecule has 0 radical (unpaired) electrons. The Balaban J connectivity index is 1.30. The van der Waals surface area contributed by atoms with Crippen LogP contribution in [0.2, 0.25) is 0 Å². The van der Waals surface area contributed by atoms with E-state index in [0.717, 1.165) is 16.7 Å². The van der Waals surface area contributed by atoms with Crippen LogP contribution in [0, 0.1) is 6.92 Å². The van der Waals surface area contributed by atoms with Gasteiger partial charge >= 0.3 is 5.97 Å². The zero-order valence-corrected chi connectivity index (χ0v) is 24.8. The van der Waals surface area contributed by atoms with Crippen LogP contribution in [-0.4, -0.2) is 46.7 Å². The minimum Gasteiger partial charge on any atom is -0.497 e. The Hall–Kier alpha value is -5.35. The summed E-state index contributed by atoms with van der Waals surface area (Å²) < 4.78 is 10.9. The van der Waals surface area contributed by atoms with Gasteiger partial charge in [-0.05, 0) is 96.6 Å². The first-order valence-electron chi connectivity index (χ1n) is 13.6. The lowest BCUT2D eigenvalue weighted by Gasteiger charge is -2.16. The standard InChI is InChI=1S/C34H29N3O6S/c1-22-3-11-26(12-4-22)35-31(38)21-43-29-15-7-23(8-16-29)19-30-32(39)37(20-24-5-9-25(10-6-24)33(40)41)34(44-30)36-27-13-17-28(42-2)18-14-27/h3-19H,20-21H2,1-2H3,(H,35,38)(H,40,41)/b30-19-,36-34?. The number of carboxylic acid groups (broad SMARTS) is 1. The number of amidine groups is 1. The van der Waals surface area contributed by atoms with Crippen LogP contribution in [0.15, 0.2) is 107 Å². The Morgan fingerprint density at radius 1 is 0.909 bits per heavy atom. The number of rotatable bonds is 10. The number of benzene rings is 4. The van der Waals surface area contributed by atoms with E-state index < -0.39 is 5.97 Å². The Bertz CT molecular complexity index is 1720. The molecule has 1 aliphatic heterocycles. The van der Waals surface area contributed by atoms with Gasteiger partial charge in [-0.15, -0.1) is 0 Å². The Morgan fingerprint density at radius 3 is 2.20 bits per heavy atom. The largest absolute Gasteiger partial charge is 0.497 e. The molecule has 44 heavy (non-hydrogen) atoms. The van der Waals surface area contributed by atoms with Crippen molar-refractivity contribution in [2.75, 3.05) is 19.0 Å². The van der Waals surface area contributed by atoms with Gasteiger partial charge in [-0.1, -0.05) is 42.0 Å². The van der Waals surface area contributed by atoms with Crippen LogP contribution in [0.3, 0.4) is 0 Å². The van der Waals surface area contributed by atoms with Gasteiger partial charge in [0.05, 0.1) is 29.8 Å². The van der Waals surface area contributed by atoms with E-state index >= 15 is 0 Å². The van der Waals surface area contributed by atoms with Crippen molar-refractivity contribution < 1.29 is 29.0 Å². The SMILES string of the molecule is COc1ccc(N=C2S/C(=C\c3ccc(OCC(=O)Nc4ccc(C)cc4)cc3)C(=O)N2Cc2ccc(C(=O)O)cc2)cc1. The molecule has 0 aliphatic carbocycles. The first-order chi connectivity index (χ1) is 21.3. The molecular weight excluding hydrogens is 578 g/mol. The normalized spacial score (nSPS) is 14.6. The third-order valence-electron chi connectivity index (χ3n) is 6.61. The highest BCUT2D eigenvalue weighted by molar-refractivity contribution is 8.18. The number of aryl methyl sites for hydroxylation is 1. The molecule has 9 nitrogen and oxygen atoms in total. The number of ether oxygens (including phenoxy) is 2. The Labute approximate surface area is 258 Å². The Morgan fingerprint density at radius 2 is 1.57 bits per heavy atom. The second-order valence-corrected chi connectivity index (χ2v) is 10.9. The van der Waals surface area contributed by atoms with E-state index in [1.54, 1.807) is 66.6 Å². The quantitative estimate of drug-likeness (QED) is 0.197. The van der Waals surface area contributed by atoms with Crippen LogP contribution < -0.4 is 14.8 Å². The second kappa shape index (κ2) is 13.7. The van der Waals surface area contributed by atoms with Crippen molar-refractivity contribution in [1.82, 2.24) is 4.90 Å². The lowest BCUT2D eigenvalue weighted by atomic mass is 10.1. The van der Waals surface area contributed by atoms with Crippen LogP contribution in [0.25, 0.3) is 6.08 Å². The fourth-order valence-electron chi connectivity index (χ4n) is 4.23. The molecule has 0 spiro atoms. The molecule has 0 aromatic heterocycles. The maximum atomic E-state index is 13.6. The number of anilines is 1. The van der Waals surface area contributed by atoms with Gasteiger partial charge in [-0.3, -0.25) is 14.5 Å². The highest BCUT2D eigenvalue weighted by Crippen LogP contribution is 2.35.